The van der Waals surface area contributed by atoms with E-state index in [0.29, 0.717) is 31.9 Å². The molecule has 0 radical (unpaired) electrons. The average Bonchev–Trinajstić information content (AvgIpc) is 3.13. The van der Waals surface area contributed by atoms with Gasteiger partial charge in [-0.2, -0.15) is 0 Å². The zero-order chi connectivity index (χ0) is 18.8. The average molecular weight is 383 g/mol. The molecule has 1 aromatic heterocycles. The number of benzene rings is 2. The van der Waals surface area contributed by atoms with Crippen LogP contribution in [0.2, 0.25) is 0 Å². The van der Waals surface area contributed by atoms with Gasteiger partial charge in [0.2, 0.25) is 0 Å². The summed E-state index contributed by atoms with van der Waals surface area (Å²) in [5.41, 5.74) is 1.53. The maximum absolute atomic E-state index is 12.4. The van der Waals surface area contributed by atoms with Crippen LogP contribution in [0.15, 0.2) is 48.5 Å². The highest BCUT2D eigenvalue weighted by molar-refractivity contribution is 7.22. The second-order valence-electron chi connectivity index (χ2n) is 6.17. The molecule has 27 heavy (non-hydrogen) atoms. The molecule has 9 heteroatoms. The third-order valence-electron chi connectivity index (χ3n) is 4.45. The number of thiazole rings is 1. The maximum atomic E-state index is 12.4. The van der Waals surface area contributed by atoms with E-state index >= 15 is 0 Å². The van der Waals surface area contributed by atoms with Crippen LogP contribution in [0.3, 0.4) is 0 Å². The molecule has 138 valence electrons. The van der Waals surface area contributed by atoms with Crippen molar-refractivity contribution in [3.63, 3.8) is 0 Å². The summed E-state index contributed by atoms with van der Waals surface area (Å²) in [6.45, 7) is 2.62. The monoisotopic (exact) mass is 383 g/mol. The topological polar surface area (TPSA) is 91.6 Å². The van der Waals surface area contributed by atoms with E-state index < -0.39 is 4.92 Å². The summed E-state index contributed by atoms with van der Waals surface area (Å²) in [6, 6.07) is 13.7. The number of hydrogen-bond acceptors (Lipinski definition) is 6. The van der Waals surface area contributed by atoms with Crippen molar-refractivity contribution in [2.24, 2.45) is 0 Å². The molecule has 3 aromatic rings. The van der Waals surface area contributed by atoms with Crippen molar-refractivity contribution in [2.45, 2.75) is 0 Å². The van der Waals surface area contributed by atoms with E-state index in [0.717, 1.165) is 15.3 Å². The zero-order valence-electron chi connectivity index (χ0n) is 14.4. The number of aromatic nitrogens is 1. The van der Waals surface area contributed by atoms with E-state index in [1.165, 1.54) is 24.3 Å². The first-order chi connectivity index (χ1) is 13.1. The summed E-state index contributed by atoms with van der Waals surface area (Å²) in [6.07, 6.45) is 0. The molecule has 2 heterocycles. The third kappa shape index (κ3) is 3.68. The minimum atomic E-state index is -0.465. The molecule has 1 saturated heterocycles. The Bertz CT molecular complexity index is 947. The molecule has 4 rings (SSSR count). The van der Waals surface area contributed by atoms with Gasteiger partial charge in [-0.3, -0.25) is 10.1 Å². The van der Waals surface area contributed by atoms with Crippen LogP contribution < -0.4 is 10.2 Å². The van der Waals surface area contributed by atoms with E-state index in [-0.39, 0.29) is 11.7 Å². The van der Waals surface area contributed by atoms with Gasteiger partial charge in [0, 0.05) is 44.0 Å². The van der Waals surface area contributed by atoms with Gasteiger partial charge >= 0.3 is 6.03 Å². The number of amides is 2. The molecule has 2 aromatic carbocycles. The second kappa shape index (κ2) is 7.20. The number of carbonyl (C=O) groups excluding carboxylic acids is 1. The SMILES string of the molecule is O=C(Nc1ccc([N+](=O)[O-])cc1)N1CCN(c2nc3ccccc3s2)CC1. The van der Waals surface area contributed by atoms with Crippen molar-refractivity contribution in [3.8, 4) is 0 Å². The van der Waals surface area contributed by atoms with Gasteiger partial charge in [-0.15, -0.1) is 0 Å². The Morgan fingerprint density at radius 1 is 1.07 bits per heavy atom. The standard InChI is InChI=1S/C18H17N5O3S/c24-17(19-13-5-7-14(8-6-13)23(25)26)21-9-11-22(12-10-21)18-20-15-3-1-2-4-16(15)27-18/h1-8H,9-12H2,(H,19,24). The van der Waals surface area contributed by atoms with Crippen molar-refractivity contribution in [1.82, 2.24) is 9.88 Å². The number of carbonyl (C=O) groups is 1. The first-order valence-corrected chi connectivity index (χ1v) is 9.33. The van der Waals surface area contributed by atoms with Gasteiger partial charge in [0.25, 0.3) is 5.69 Å². The Kier molecular flexibility index (Phi) is 4.59. The van der Waals surface area contributed by atoms with E-state index in [9.17, 15) is 14.9 Å². The predicted molar refractivity (Wildman–Crippen MR) is 106 cm³/mol. The van der Waals surface area contributed by atoms with Crippen molar-refractivity contribution in [2.75, 3.05) is 36.4 Å². The smallest absolute Gasteiger partial charge is 0.321 e. The lowest BCUT2D eigenvalue weighted by molar-refractivity contribution is -0.384. The molecular formula is C18H17N5O3S. The fourth-order valence-corrected chi connectivity index (χ4v) is 3.98. The molecule has 0 unspecified atom stereocenters. The fraction of sp³-hybridized carbons (Fsp3) is 0.222. The minimum absolute atomic E-state index is 0.00236. The molecule has 0 bridgehead atoms. The first-order valence-electron chi connectivity index (χ1n) is 8.51. The molecular weight excluding hydrogens is 366 g/mol. The number of piperazine rings is 1. The molecule has 1 fully saturated rings. The Balaban J connectivity index is 1.35. The van der Waals surface area contributed by atoms with Crippen LogP contribution in [-0.4, -0.2) is 47.0 Å². The molecule has 1 aliphatic rings. The predicted octanol–water partition coefficient (Wildman–Crippen LogP) is 3.56. The van der Waals surface area contributed by atoms with Gasteiger partial charge in [-0.1, -0.05) is 23.5 Å². The molecule has 1 N–H and O–H groups in total. The quantitative estimate of drug-likeness (QED) is 0.551. The highest BCUT2D eigenvalue weighted by atomic mass is 32.1. The van der Waals surface area contributed by atoms with Crippen molar-refractivity contribution >= 4 is 44.1 Å². The van der Waals surface area contributed by atoms with Crippen molar-refractivity contribution in [3.05, 3.63) is 58.6 Å². The lowest BCUT2D eigenvalue weighted by atomic mass is 10.3. The number of rotatable bonds is 3. The van der Waals surface area contributed by atoms with Crippen LogP contribution in [0.4, 0.5) is 21.3 Å². The molecule has 8 nitrogen and oxygen atoms in total. The first kappa shape index (κ1) is 17.2. The van der Waals surface area contributed by atoms with E-state index in [4.69, 9.17) is 0 Å². The molecule has 0 saturated carbocycles. The molecule has 0 atom stereocenters. The van der Waals surface area contributed by atoms with Crippen LogP contribution in [0.25, 0.3) is 10.2 Å². The number of non-ortho nitro benzene ring substituents is 1. The number of anilines is 2. The lowest BCUT2D eigenvalue weighted by Gasteiger charge is -2.34. The summed E-state index contributed by atoms with van der Waals surface area (Å²) in [5.74, 6) is 0. The number of nitrogens with zero attached hydrogens (tertiary/aromatic N) is 4. The number of nitro benzene ring substituents is 1. The fourth-order valence-electron chi connectivity index (χ4n) is 2.97. The van der Waals surface area contributed by atoms with E-state index in [2.05, 4.69) is 21.3 Å². The van der Waals surface area contributed by atoms with Crippen LogP contribution in [0.5, 0.6) is 0 Å². The van der Waals surface area contributed by atoms with Crippen molar-refractivity contribution < 1.29 is 9.72 Å². The van der Waals surface area contributed by atoms with Gasteiger partial charge in [0.05, 0.1) is 15.1 Å². The van der Waals surface area contributed by atoms with Gasteiger partial charge in [0.15, 0.2) is 5.13 Å². The number of nitro groups is 1. The summed E-state index contributed by atoms with van der Waals surface area (Å²) in [7, 11) is 0. The van der Waals surface area contributed by atoms with Gasteiger partial charge < -0.3 is 15.1 Å². The highest BCUT2D eigenvalue weighted by Crippen LogP contribution is 2.29. The third-order valence-corrected chi connectivity index (χ3v) is 5.55. The Morgan fingerprint density at radius 2 is 1.78 bits per heavy atom. The maximum Gasteiger partial charge on any atom is 0.321 e. The Labute approximate surface area is 159 Å². The summed E-state index contributed by atoms with van der Waals surface area (Å²) < 4.78 is 1.16. The van der Waals surface area contributed by atoms with Crippen molar-refractivity contribution in [1.29, 1.82) is 0 Å². The lowest BCUT2D eigenvalue weighted by Crippen LogP contribution is -2.50. The number of fused-ring (bicyclic) bond motifs is 1. The molecule has 1 aliphatic heterocycles. The van der Waals surface area contributed by atoms with Crippen LogP contribution >= 0.6 is 11.3 Å². The van der Waals surface area contributed by atoms with Gasteiger partial charge in [0.1, 0.15) is 0 Å². The van der Waals surface area contributed by atoms with E-state index in [1.807, 2.05) is 18.2 Å². The molecule has 0 aliphatic carbocycles. The van der Waals surface area contributed by atoms with Gasteiger partial charge in [-0.25, -0.2) is 9.78 Å². The largest absolute Gasteiger partial charge is 0.345 e. The summed E-state index contributed by atoms with van der Waals surface area (Å²) in [5, 5.41) is 14.5. The second-order valence-corrected chi connectivity index (χ2v) is 7.18. The number of nitrogens with one attached hydrogen (secondary N) is 1. The van der Waals surface area contributed by atoms with Crippen LogP contribution in [0.1, 0.15) is 0 Å². The Morgan fingerprint density at radius 3 is 2.44 bits per heavy atom. The number of para-hydroxylation sites is 1. The number of urea groups is 1. The summed E-state index contributed by atoms with van der Waals surface area (Å²) >= 11 is 1.66. The molecule has 2 amide bonds. The summed E-state index contributed by atoms with van der Waals surface area (Å²) in [4.78, 5) is 31.2. The van der Waals surface area contributed by atoms with Crippen LogP contribution in [0, 0.1) is 10.1 Å². The number of hydrogen-bond donors (Lipinski definition) is 1. The zero-order valence-corrected chi connectivity index (χ0v) is 15.2. The van der Waals surface area contributed by atoms with E-state index in [1.54, 1.807) is 16.2 Å². The molecule has 0 spiro atoms. The van der Waals surface area contributed by atoms with Crippen LogP contribution in [-0.2, 0) is 0 Å². The highest BCUT2D eigenvalue weighted by Gasteiger charge is 2.23. The van der Waals surface area contributed by atoms with Gasteiger partial charge in [-0.05, 0) is 24.3 Å². The normalized spacial score (nSPS) is 14.4. The Hall–Kier alpha value is -3.20. The minimum Gasteiger partial charge on any atom is -0.345 e.